The van der Waals surface area contributed by atoms with Crippen molar-refractivity contribution in [3.8, 4) is 0 Å². The summed E-state index contributed by atoms with van der Waals surface area (Å²) in [5, 5.41) is 11.6. The standard InChI is InChI=1S/C16H13N3O5S2/c20-15(21)9-17-16(22)10-1-4-13(5-2-10)26(23,24)19-12-3-6-14-11(7-12)8-18-25-14/h1-8,19H,9H2,(H,17,22)(H,20,21). The largest absolute Gasteiger partial charge is 0.480 e. The molecular weight excluding hydrogens is 378 g/mol. The molecule has 134 valence electrons. The van der Waals surface area contributed by atoms with Crippen LogP contribution in [0.15, 0.2) is 53.6 Å². The van der Waals surface area contributed by atoms with Crippen LogP contribution in [-0.2, 0) is 14.8 Å². The number of rotatable bonds is 6. The predicted molar refractivity (Wildman–Crippen MR) is 96.8 cm³/mol. The van der Waals surface area contributed by atoms with E-state index in [1.165, 1.54) is 35.8 Å². The van der Waals surface area contributed by atoms with Gasteiger partial charge in [0.1, 0.15) is 6.54 Å². The molecule has 26 heavy (non-hydrogen) atoms. The second kappa shape index (κ2) is 7.10. The number of benzene rings is 2. The third kappa shape index (κ3) is 3.98. The van der Waals surface area contributed by atoms with Crippen LogP contribution in [0.3, 0.4) is 0 Å². The zero-order valence-electron chi connectivity index (χ0n) is 13.2. The van der Waals surface area contributed by atoms with Gasteiger partial charge in [0.25, 0.3) is 15.9 Å². The zero-order chi connectivity index (χ0) is 18.7. The van der Waals surface area contributed by atoms with Crippen LogP contribution in [0.1, 0.15) is 10.4 Å². The third-order valence-corrected chi connectivity index (χ3v) is 5.61. The third-order valence-electron chi connectivity index (χ3n) is 3.43. The first-order valence-corrected chi connectivity index (χ1v) is 9.58. The van der Waals surface area contributed by atoms with Gasteiger partial charge < -0.3 is 10.4 Å². The van der Waals surface area contributed by atoms with Crippen molar-refractivity contribution < 1.29 is 23.1 Å². The van der Waals surface area contributed by atoms with Gasteiger partial charge >= 0.3 is 5.97 Å². The molecule has 0 atom stereocenters. The molecule has 0 aliphatic carbocycles. The molecule has 0 radical (unpaired) electrons. The van der Waals surface area contributed by atoms with E-state index in [0.717, 1.165) is 10.1 Å². The van der Waals surface area contributed by atoms with Crippen molar-refractivity contribution >= 4 is 49.2 Å². The minimum atomic E-state index is -3.83. The maximum atomic E-state index is 12.5. The molecule has 0 fully saturated rings. The van der Waals surface area contributed by atoms with Crippen molar-refractivity contribution in [1.82, 2.24) is 9.69 Å². The maximum Gasteiger partial charge on any atom is 0.322 e. The Bertz CT molecular complexity index is 1070. The second-order valence-corrected chi connectivity index (χ2v) is 7.80. The number of anilines is 1. The summed E-state index contributed by atoms with van der Waals surface area (Å²) in [6, 6.07) is 10.3. The number of sulfonamides is 1. The highest BCUT2D eigenvalue weighted by atomic mass is 32.2. The van der Waals surface area contributed by atoms with Crippen LogP contribution in [-0.4, -0.2) is 36.3 Å². The van der Waals surface area contributed by atoms with Crippen molar-refractivity contribution in [1.29, 1.82) is 0 Å². The van der Waals surface area contributed by atoms with Crippen LogP contribution in [0.4, 0.5) is 5.69 Å². The fourth-order valence-corrected chi connectivity index (χ4v) is 3.87. The number of nitrogens with zero attached hydrogens (tertiary/aromatic N) is 1. The molecule has 0 spiro atoms. The first-order chi connectivity index (χ1) is 12.3. The van der Waals surface area contributed by atoms with Gasteiger partial charge in [0.2, 0.25) is 0 Å². The normalized spacial score (nSPS) is 11.2. The van der Waals surface area contributed by atoms with Crippen molar-refractivity contribution in [3.05, 3.63) is 54.2 Å². The molecule has 10 heteroatoms. The van der Waals surface area contributed by atoms with Crippen LogP contribution in [0, 0.1) is 0 Å². The molecular formula is C16H13N3O5S2. The lowest BCUT2D eigenvalue weighted by atomic mass is 10.2. The number of aliphatic carboxylic acids is 1. The first kappa shape index (κ1) is 17.8. The van der Waals surface area contributed by atoms with Crippen molar-refractivity contribution in [2.45, 2.75) is 4.90 Å². The number of carboxylic acid groups (broad SMARTS) is 1. The lowest BCUT2D eigenvalue weighted by Crippen LogP contribution is -2.29. The highest BCUT2D eigenvalue weighted by Crippen LogP contribution is 2.24. The van der Waals surface area contributed by atoms with Gasteiger partial charge in [-0.25, -0.2) is 8.42 Å². The summed E-state index contributed by atoms with van der Waals surface area (Å²) in [6.07, 6.45) is 1.66. The van der Waals surface area contributed by atoms with Crippen LogP contribution in [0.2, 0.25) is 0 Å². The van der Waals surface area contributed by atoms with Gasteiger partial charge in [-0.15, -0.1) is 0 Å². The number of carbonyl (C=O) groups is 2. The lowest BCUT2D eigenvalue weighted by molar-refractivity contribution is -0.135. The van der Waals surface area contributed by atoms with Gasteiger partial charge in [-0.05, 0) is 54.0 Å². The minimum absolute atomic E-state index is 0.0178. The number of carboxylic acids is 1. The Morgan fingerprint density at radius 3 is 2.54 bits per heavy atom. The number of aromatic nitrogens is 1. The average Bonchev–Trinajstić information content (AvgIpc) is 3.07. The highest BCUT2D eigenvalue weighted by molar-refractivity contribution is 7.92. The Morgan fingerprint density at radius 2 is 1.85 bits per heavy atom. The molecule has 0 aliphatic heterocycles. The summed E-state index contributed by atoms with van der Waals surface area (Å²) in [6.45, 7) is -0.514. The molecule has 0 aliphatic rings. The van der Waals surface area contributed by atoms with Crippen LogP contribution < -0.4 is 10.0 Å². The number of carbonyl (C=O) groups excluding carboxylic acids is 1. The minimum Gasteiger partial charge on any atom is -0.480 e. The Labute approximate surface area is 152 Å². The average molecular weight is 391 g/mol. The number of hydrogen-bond acceptors (Lipinski definition) is 6. The molecule has 1 amide bonds. The van der Waals surface area contributed by atoms with Gasteiger partial charge in [0, 0.05) is 22.8 Å². The fourth-order valence-electron chi connectivity index (χ4n) is 2.19. The van der Waals surface area contributed by atoms with E-state index < -0.39 is 28.4 Å². The number of hydrogen-bond donors (Lipinski definition) is 3. The molecule has 0 saturated heterocycles. The molecule has 8 nitrogen and oxygen atoms in total. The van der Waals surface area contributed by atoms with Crippen LogP contribution in [0.5, 0.6) is 0 Å². The Balaban J connectivity index is 1.76. The topological polar surface area (TPSA) is 125 Å². The highest BCUT2D eigenvalue weighted by Gasteiger charge is 2.16. The molecule has 0 bridgehead atoms. The Kier molecular flexibility index (Phi) is 4.87. The molecule has 3 aromatic rings. The van der Waals surface area contributed by atoms with Gasteiger partial charge in [-0.2, -0.15) is 4.37 Å². The van der Waals surface area contributed by atoms with E-state index in [2.05, 4.69) is 14.4 Å². The molecule has 3 rings (SSSR count). The zero-order valence-corrected chi connectivity index (χ0v) is 14.8. The van der Waals surface area contributed by atoms with Gasteiger partial charge in [-0.1, -0.05) is 0 Å². The van der Waals surface area contributed by atoms with Gasteiger partial charge in [-0.3, -0.25) is 14.3 Å². The van der Waals surface area contributed by atoms with Crippen LogP contribution >= 0.6 is 11.5 Å². The quantitative estimate of drug-likeness (QED) is 0.589. The van der Waals surface area contributed by atoms with Crippen molar-refractivity contribution in [3.63, 3.8) is 0 Å². The van der Waals surface area contributed by atoms with E-state index in [-0.39, 0.29) is 10.5 Å². The van der Waals surface area contributed by atoms with Gasteiger partial charge in [0.15, 0.2) is 0 Å². The Morgan fingerprint density at radius 1 is 1.12 bits per heavy atom. The second-order valence-electron chi connectivity index (χ2n) is 5.28. The fraction of sp³-hybridized carbons (Fsp3) is 0.0625. The Hall–Kier alpha value is -2.98. The molecule has 2 aromatic carbocycles. The summed E-state index contributed by atoms with van der Waals surface area (Å²) in [5.41, 5.74) is 0.567. The maximum absolute atomic E-state index is 12.5. The first-order valence-electron chi connectivity index (χ1n) is 7.32. The predicted octanol–water partition coefficient (Wildman–Crippen LogP) is 1.91. The van der Waals surface area contributed by atoms with E-state index in [9.17, 15) is 18.0 Å². The van der Waals surface area contributed by atoms with E-state index in [0.29, 0.717) is 5.69 Å². The summed E-state index contributed by atoms with van der Waals surface area (Å²) >= 11 is 1.32. The lowest BCUT2D eigenvalue weighted by Gasteiger charge is -2.09. The molecule has 0 saturated carbocycles. The van der Waals surface area contributed by atoms with E-state index in [4.69, 9.17) is 5.11 Å². The number of nitrogens with one attached hydrogen (secondary N) is 2. The van der Waals surface area contributed by atoms with Crippen molar-refractivity contribution in [2.24, 2.45) is 0 Å². The van der Waals surface area contributed by atoms with E-state index >= 15 is 0 Å². The molecule has 1 aromatic heterocycles. The summed E-state index contributed by atoms with van der Waals surface area (Å²) in [5.74, 6) is -1.76. The van der Waals surface area contributed by atoms with E-state index in [1.807, 2.05) is 0 Å². The van der Waals surface area contributed by atoms with E-state index in [1.54, 1.807) is 24.4 Å². The van der Waals surface area contributed by atoms with Gasteiger partial charge in [0.05, 0.1) is 9.60 Å². The van der Waals surface area contributed by atoms with Crippen LogP contribution in [0.25, 0.3) is 10.1 Å². The number of amides is 1. The molecule has 0 unspecified atom stereocenters. The van der Waals surface area contributed by atoms with Crippen molar-refractivity contribution in [2.75, 3.05) is 11.3 Å². The number of fused-ring (bicyclic) bond motifs is 1. The summed E-state index contributed by atoms with van der Waals surface area (Å²) in [7, 11) is -3.83. The molecule has 3 N–H and O–H groups in total. The SMILES string of the molecule is O=C(O)CNC(=O)c1ccc(S(=O)(=O)Nc2ccc3sncc3c2)cc1. The molecule has 1 heterocycles. The summed E-state index contributed by atoms with van der Waals surface area (Å²) in [4.78, 5) is 22.2. The smallest absolute Gasteiger partial charge is 0.322 e. The monoisotopic (exact) mass is 391 g/mol. The summed E-state index contributed by atoms with van der Waals surface area (Å²) < 4.78 is 32.4.